The van der Waals surface area contributed by atoms with Gasteiger partial charge >= 0.3 is 0 Å². The summed E-state index contributed by atoms with van der Waals surface area (Å²) in [5, 5.41) is 4.13. The van der Waals surface area contributed by atoms with Crippen LogP contribution in [0.25, 0.3) is 0 Å². The molecule has 1 aromatic carbocycles. The molecule has 0 aromatic heterocycles. The summed E-state index contributed by atoms with van der Waals surface area (Å²) in [5.74, 6) is 0. The Morgan fingerprint density at radius 3 is 2.50 bits per heavy atom. The van der Waals surface area contributed by atoms with E-state index in [-0.39, 0.29) is 0 Å². The van der Waals surface area contributed by atoms with Gasteiger partial charge in [0, 0.05) is 5.02 Å². The highest BCUT2D eigenvalue weighted by atomic mass is 35.5. The van der Waals surface area contributed by atoms with E-state index in [1.54, 1.807) is 18.2 Å². The van der Waals surface area contributed by atoms with E-state index in [4.69, 9.17) is 28.7 Å². The number of hydrogen-bond donors (Lipinski definition) is 1. The summed E-state index contributed by atoms with van der Waals surface area (Å²) in [6, 6.07) is 4.79. The van der Waals surface area contributed by atoms with E-state index in [9.17, 15) is 0 Å². The molecule has 2 nitrogen and oxygen atoms in total. The Hall–Kier alpha value is -0.600. The van der Waals surface area contributed by atoms with Crippen LogP contribution in [0, 0.1) is 5.53 Å². The minimum Gasteiger partial charge on any atom is -0.204 e. The van der Waals surface area contributed by atoms with Crippen molar-refractivity contribution in [1.29, 1.82) is 5.53 Å². The molecule has 0 aliphatic carbocycles. The summed E-state index contributed by atoms with van der Waals surface area (Å²) in [6.07, 6.45) is 0. The van der Waals surface area contributed by atoms with Crippen LogP contribution in [0.4, 0.5) is 5.69 Å². The van der Waals surface area contributed by atoms with Gasteiger partial charge in [0.1, 0.15) is 5.69 Å². The Morgan fingerprint density at radius 2 is 2.00 bits per heavy atom. The maximum absolute atomic E-state index is 6.65. The summed E-state index contributed by atoms with van der Waals surface area (Å²) < 4.78 is 0. The largest absolute Gasteiger partial charge is 0.204 e. The standard InChI is InChI=1S/C6H4Cl2N2/c7-4-1-2-6(10-9)5(8)3-4/h1-3,9H. The van der Waals surface area contributed by atoms with Gasteiger partial charge in [0.15, 0.2) is 0 Å². The predicted molar refractivity (Wildman–Crippen MR) is 41.3 cm³/mol. The summed E-state index contributed by atoms with van der Waals surface area (Å²) in [5.41, 5.74) is 7.09. The van der Waals surface area contributed by atoms with Crippen LogP contribution in [0.15, 0.2) is 23.3 Å². The van der Waals surface area contributed by atoms with Gasteiger partial charge in [-0.25, -0.2) is 5.53 Å². The number of hydrogen-bond acceptors (Lipinski definition) is 2. The van der Waals surface area contributed by atoms with E-state index in [2.05, 4.69) is 5.11 Å². The molecule has 0 bridgehead atoms. The van der Waals surface area contributed by atoms with Crippen molar-refractivity contribution in [3.63, 3.8) is 0 Å². The van der Waals surface area contributed by atoms with Crippen LogP contribution in [0.1, 0.15) is 0 Å². The minimum atomic E-state index is 0.405. The first-order valence-corrected chi connectivity index (χ1v) is 3.32. The highest BCUT2D eigenvalue weighted by Gasteiger charge is 1.97. The summed E-state index contributed by atoms with van der Waals surface area (Å²) >= 11 is 11.2. The molecule has 52 valence electrons. The molecule has 0 radical (unpaired) electrons. The monoisotopic (exact) mass is 174 g/mol. The van der Waals surface area contributed by atoms with Gasteiger partial charge in [-0.1, -0.05) is 23.2 Å². The normalized spacial score (nSPS) is 9.40. The van der Waals surface area contributed by atoms with Gasteiger partial charge < -0.3 is 0 Å². The third kappa shape index (κ3) is 1.46. The molecular weight excluding hydrogens is 171 g/mol. The zero-order valence-corrected chi connectivity index (χ0v) is 6.45. The Morgan fingerprint density at radius 1 is 1.30 bits per heavy atom. The van der Waals surface area contributed by atoms with Crippen molar-refractivity contribution >= 4 is 28.9 Å². The topological polar surface area (TPSA) is 36.2 Å². The van der Waals surface area contributed by atoms with Gasteiger partial charge in [0.25, 0.3) is 0 Å². The second kappa shape index (κ2) is 2.99. The molecule has 0 heterocycles. The molecule has 0 unspecified atom stereocenters. The minimum absolute atomic E-state index is 0.405. The molecule has 0 saturated heterocycles. The highest BCUT2D eigenvalue weighted by molar-refractivity contribution is 6.36. The lowest BCUT2D eigenvalue weighted by Crippen LogP contribution is -1.66. The Kier molecular flexibility index (Phi) is 2.25. The average molecular weight is 175 g/mol. The first-order valence-electron chi connectivity index (χ1n) is 2.56. The average Bonchev–Trinajstić information content (AvgIpc) is 1.88. The van der Waals surface area contributed by atoms with Crippen molar-refractivity contribution in [3.05, 3.63) is 28.2 Å². The lowest BCUT2D eigenvalue weighted by atomic mass is 10.3. The fraction of sp³-hybridized carbons (Fsp3) is 0. The molecule has 0 saturated carbocycles. The first-order chi connectivity index (χ1) is 4.74. The lowest BCUT2D eigenvalue weighted by Gasteiger charge is -1.94. The quantitative estimate of drug-likeness (QED) is 0.632. The second-order valence-electron chi connectivity index (χ2n) is 1.71. The Balaban J connectivity index is 3.19. The van der Waals surface area contributed by atoms with Crippen molar-refractivity contribution in [2.24, 2.45) is 5.11 Å². The number of nitrogens with zero attached hydrogens (tertiary/aromatic N) is 1. The van der Waals surface area contributed by atoms with Crippen molar-refractivity contribution in [2.75, 3.05) is 0 Å². The SMILES string of the molecule is N=Nc1ccc(Cl)cc1Cl. The molecule has 1 N–H and O–H groups in total. The van der Waals surface area contributed by atoms with Crippen LogP contribution < -0.4 is 0 Å². The lowest BCUT2D eigenvalue weighted by molar-refractivity contribution is 1.15. The number of halogens is 2. The highest BCUT2D eigenvalue weighted by Crippen LogP contribution is 2.27. The molecule has 1 aromatic rings. The van der Waals surface area contributed by atoms with E-state index in [0.29, 0.717) is 15.7 Å². The third-order valence-electron chi connectivity index (χ3n) is 1.03. The van der Waals surface area contributed by atoms with Crippen molar-refractivity contribution < 1.29 is 0 Å². The zero-order valence-electron chi connectivity index (χ0n) is 4.94. The Labute approximate surface area is 68.3 Å². The maximum Gasteiger partial charge on any atom is 0.104 e. The van der Waals surface area contributed by atoms with Gasteiger partial charge in [0.05, 0.1) is 5.02 Å². The molecule has 0 fully saturated rings. The van der Waals surface area contributed by atoms with E-state index >= 15 is 0 Å². The van der Waals surface area contributed by atoms with Crippen LogP contribution in [0.5, 0.6) is 0 Å². The van der Waals surface area contributed by atoms with Crippen molar-refractivity contribution in [3.8, 4) is 0 Å². The van der Waals surface area contributed by atoms with Gasteiger partial charge in [-0.05, 0) is 18.2 Å². The third-order valence-corrected chi connectivity index (χ3v) is 1.57. The van der Waals surface area contributed by atoms with E-state index in [0.717, 1.165) is 0 Å². The molecule has 1 rings (SSSR count). The van der Waals surface area contributed by atoms with Crippen LogP contribution in [0.2, 0.25) is 10.0 Å². The predicted octanol–water partition coefficient (Wildman–Crippen LogP) is 3.66. The summed E-state index contributed by atoms with van der Waals surface area (Å²) in [7, 11) is 0. The van der Waals surface area contributed by atoms with Crippen molar-refractivity contribution in [1.82, 2.24) is 0 Å². The van der Waals surface area contributed by atoms with Crippen LogP contribution >= 0.6 is 23.2 Å². The molecule has 0 aliphatic rings. The van der Waals surface area contributed by atoms with Crippen molar-refractivity contribution in [2.45, 2.75) is 0 Å². The molecule has 0 amide bonds. The molecule has 0 atom stereocenters. The number of benzene rings is 1. The summed E-state index contributed by atoms with van der Waals surface area (Å²) in [6.45, 7) is 0. The first kappa shape index (κ1) is 7.51. The fourth-order valence-electron chi connectivity index (χ4n) is 0.572. The van der Waals surface area contributed by atoms with E-state index < -0.39 is 0 Å². The zero-order chi connectivity index (χ0) is 7.56. The molecule has 0 spiro atoms. The second-order valence-corrected chi connectivity index (χ2v) is 2.55. The van der Waals surface area contributed by atoms with E-state index in [1.165, 1.54) is 0 Å². The number of nitrogens with one attached hydrogen (secondary N) is 1. The van der Waals surface area contributed by atoms with Gasteiger partial charge in [-0.2, -0.15) is 5.11 Å². The fourth-order valence-corrected chi connectivity index (χ4v) is 1.02. The van der Waals surface area contributed by atoms with Crippen LogP contribution in [-0.2, 0) is 0 Å². The molecular formula is C6H4Cl2N2. The number of rotatable bonds is 1. The maximum atomic E-state index is 6.65. The van der Waals surface area contributed by atoms with Gasteiger partial charge in [-0.15, -0.1) is 0 Å². The molecule has 10 heavy (non-hydrogen) atoms. The Bertz CT molecular complexity index is 260. The van der Waals surface area contributed by atoms with Crippen LogP contribution in [-0.4, -0.2) is 0 Å². The van der Waals surface area contributed by atoms with Gasteiger partial charge in [-0.3, -0.25) is 0 Å². The summed E-state index contributed by atoms with van der Waals surface area (Å²) in [4.78, 5) is 0. The van der Waals surface area contributed by atoms with Gasteiger partial charge in [0.2, 0.25) is 0 Å². The molecule has 4 heteroatoms. The molecule has 0 aliphatic heterocycles. The van der Waals surface area contributed by atoms with Crippen LogP contribution in [0.3, 0.4) is 0 Å². The smallest absolute Gasteiger partial charge is 0.104 e. The van der Waals surface area contributed by atoms with E-state index in [1.807, 2.05) is 0 Å².